The Morgan fingerprint density at radius 1 is 1.30 bits per heavy atom. The normalized spacial score (nSPS) is 11.6. The van der Waals surface area contributed by atoms with Gasteiger partial charge < -0.3 is 19.8 Å². The minimum absolute atomic E-state index is 0.0331. The fourth-order valence-corrected chi connectivity index (χ4v) is 2.37. The second-order valence-corrected chi connectivity index (χ2v) is 6.22. The summed E-state index contributed by atoms with van der Waals surface area (Å²) in [6.45, 7) is 4.35. The molecule has 0 bridgehead atoms. The van der Waals surface area contributed by atoms with Gasteiger partial charge in [-0.15, -0.1) is 0 Å². The lowest BCUT2D eigenvalue weighted by atomic mass is 10.2. The lowest BCUT2D eigenvalue weighted by Crippen LogP contribution is -2.29. The van der Waals surface area contributed by atoms with Gasteiger partial charge in [-0.05, 0) is 26.0 Å². The molecule has 2 heterocycles. The van der Waals surface area contributed by atoms with Crippen molar-refractivity contribution in [2.24, 2.45) is 0 Å². The number of benzene rings is 1. The fraction of sp³-hybridized carbons (Fsp3) is 0.278. The first-order valence-electron chi connectivity index (χ1n) is 8.21. The molecule has 3 rings (SSSR count). The van der Waals surface area contributed by atoms with Crippen LogP contribution in [0.3, 0.4) is 0 Å². The lowest BCUT2D eigenvalue weighted by Gasteiger charge is -2.13. The van der Waals surface area contributed by atoms with Crippen molar-refractivity contribution in [2.45, 2.75) is 32.9 Å². The molecule has 27 heavy (non-hydrogen) atoms. The van der Waals surface area contributed by atoms with E-state index >= 15 is 0 Å². The number of hydrogen-bond donors (Lipinski definition) is 2. The number of aromatic amines is 1. The van der Waals surface area contributed by atoms with E-state index < -0.39 is 6.11 Å². The van der Waals surface area contributed by atoms with Gasteiger partial charge >= 0.3 is 6.11 Å². The van der Waals surface area contributed by atoms with Crippen molar-refractivity contribution in [3.63, 3.8) is 0 Å². The minimum Gasteiger partial charge on any atom is -0.437 e. The summed E-state index contributed by atoms with van der Waals surface area (Å²) in [6, 6.07) is 5.75. The quantitative estimate of drug-likeness (QED) is 0.682. The van der Waals surface area contributed by atoms with Crippen LogP contribution >= 0.6 is 0 Å². The summed E-state index contributed by atoms with van der Waals surface area (Å²) >= 11 is 0. The number of alkyl halides is 2. The number of fused-ring (bicyclic) bond motifs is 1. The minimum atomic E-state index is -3.30. The zero-order valence-electron chi connectivity index (χ0n) is 14.9. The first-order chi connectivity index (χ1) is 12.7. The van der Waals surface area contributed by atoms with E-state index in [1.54, 1.807) is 6.07 Å². The zero-order chi connectivity index (χ0) is 19.6. The summed E-state index contributed by atoms with van der Waals surface area (Å²) < 4.78 is 36.1. The molecule has 0 aliphatic carbocycles. The van der Waals surface area contributed by atoms with Crippen LogP contribution in [-0.4, -0.2) is 33.0 Å². The molecule has 7 nitrogen and oxygen atoms in total. The summed E-state index contributed by atoms with van der Waals surface area (Å²) in [7, 11) is 0. The molecule has 1 aromatic carbocycles. The van der Waals surface area contributed by atoms with Crippen molar-refractivity contribution in [3.8, 4) is 17.4 Å². The van der Waals surface area contributed by atoms with Crippen molar-refractivity contribution in [1.82, 2.24) is 20.3 Å². The van der Waals surface area contributed by atoms with Crippen molar-refractivity contribution < 1.29 is 23.0 Å². The average Bonchev–Trinajstić information content (AvgIpc) is 2.96. The van der Waals surface area contributed by atoms with E-state index in [0.29, 0.717) is 23.7 Å². The van der Waals surface area contributed by atoms with Gasteiger partial charge in [-0.3, -0.25) is 4.79 Å². The molecule has 0 aliphatic rings. The Labute approximate surface area is 153 Å². The molecule has 0 radical (unpaired) electrons. The van der Waals surface area contributed by atoms with Gasteiger partial charge in [0.15, 0.2) is 5.65 Å². The van der Waals surface area contributed by atoms with Crippen LogP contribution in [0.4, 0.5) is 8.78 Å². The van der Waals surface area contributed by atoms with Crippen LogP contribution in [0.25, 0.3) is 11.2 Å². The highest BCUT2D eigenvalue weighted by molar-refractivity contribution is 6.04. The van der Waals surface area contributed by atoms with Crippen LogP contribution in [0, 0.1) is 0 Å². The van der Waals surface area contributed by atoms with Gasteiger partial charge in [0.25, 0.3) is 5.91 Å². The van der Waals surface area contributed by atoms with Crippen LogP contribution in [0.2, 0.25) is 0 Å². The third-order valence-corrected chi connectivity index (χ3v) is 3.35. The largest absolute Gasteiger partial charge is 0.437 e. The summed E-state index contributed by atoms with van der Waals surface area (Å²) in [5.41, 5.74) is 1.11. The van der Waals surface area contributed by atoms with Crippen LogP contribution < -0.4 is 14.8 Å². The van der Waals surface area contributed by atoms with Gasteiger partial charge in [0.2, 0.25) is 5.88 Å². The molecule has 2 aromatic heterocycles. The number of hydrogen-bond acceptors (Lipinski definition) is 5. The second kappa shape index (κ2) is 7.18. The number of nitrogens with zero attached hydrogens (tertiary/aromatic N) is 2. The molecule has 0 saturated carbocycles. The topological polar surface area (TPSA) is 89.1 Å². The monoisotopic (exact) mass is 376 g/mol. The summed E-state index contributed by atoms with van der Waals surface area (Å²) in [5, 5.41) is 2.78. The van der Waals surface area contributed by atoms with Crippen molar-refractivity contribution >= 4 is 17.1 Å². The first-order valence-corrected chi connectivity index (χ1v) is 8.21. The van der Waals surface area contributed by atoms with E-state index in [9.17, 15) is 13.6 Å². The highest BCUT2D eigenvalue weighted by Gasteiger charge is 2.23. The molecule has 1 amide bonds. The van der Waals surface area contributed by atoms with E-state index in [4.69, 9.17) is 4.74 Å². The number of carbonyl (C=O) groups is 1. The Kier molecular flexibility index (Phi) is 4.93. The maximum absolute atomic E-state index is 13.0. The van der Waals surface area contributed by atoms with Crippen molar-refractivity contribution in [1.29, 1.82) is 0 Å². The van der Waals surface area contributed by atoms with E-state index in [1.165, 1.54) is 30.6 Å². The zero-order valence-corrected chi connectivity index (χ0v) is 14.9. The van der Waals surface area contributed by atoms with Gasteiger partial charge in [-0.2, -0.15) is 8.78 Å². The van der Waals surface area contributed by atoms with Crippen molar-refractivity contribution in [3.05, 3.63) is 42.2 Å². The molecular weight excluding hydrogens is 358 g/mol. The van der Waals surface area contributed by atoms with Crippen molar-refractivity contribution in [2.75, 3.05) is 0 Å². The molecule has 0 spiro atoms. The van der Waals surface area contributed by atoms with E-state index in [0.717, 1.165) is 0 Å². The van der Waals surface area contributed by atoms with Gasteiger partial charge in [0.05, 0.1) is 11.8 Å². The first kappa shape index (κ1) is 18.6. The Bertz CT molecular complexity index is 967. The SMILES string of the molecule is CC(C)NC(=O)c1c[nH]c2ncc(Oc3cccc(OC(C)(F)F)c3)nc12. The average molecular weight is 376 g/mol. The Balaban J connectivity index is 1.85. The van der Waals surface area contributed by atoms with Gasteiger partial charge in [0.1, 0.15) is 17.0 Å². The predicted molar refractivity (Wildman–Crippen MR) is 94.3 cm³/mol. The molecule has 0 fully saturated rings. The van der Waals surface area contributed by atoms with Crippen LogP contribution in [0.15, 0.2) is 36.7 Å². The number of ether oxygens (including phenoxy) is 2. The van der Waals surface area contributed by atoms with E-state index in [-0.39, 0.29) is 29.3 Å². The number of nitrogens with one attached hydrogen (secondary N) is 2. The third kappa shape index (κ3) is 4.69. The van der Waals surface area contributed by atoms with Gasteiger partial charge in [-0.1, -0.05) is 6.07 Å². The number of halogens is 2. The molecule has 0 unspecified atom stereocenters. The van der Waals surface area contributed by atoms with Gasteiger partial charge in [0, 0.05) is 25.2 Å². The van der Waals surface area contributed by atoms with Gasteiger partial charge in [-0.25, -0.2) is 9.97 Å². The second-order valence-electron chi connectivity index (χ2n) is 6.22. The molecule has 0 saturated heterocycles. The third-order valence-electron chi connectivity index (χ3n) is 3.35. The molecule has 0 aliphatic heterocycles. The van der Waals surface area contributed by atoms with E-state index in [2.05, 4.69) is 25.0 Å². The number of amides is 1. The van der Waals surface area contributed by atoms with E-state index in [1.807, 2.05) is 13.8 Å². The summed E-state index contributed by atoms with van der Waals surface area (Å²) in [4.78, 5) is 23.6. The molecule has 9 heteroatoms. The van der Waals surface area contributed by atoms with Crippen LogP contribution in [-0.2, 0) is 0 Å². The number of aromatic nitrogens is 3. The standard InChI is InChI=1S/C18H18F2N4O3/c1-10(2)23-17(25)13-8-21-16-15(13)24-14(9-22-16)26-11-5-4-6-12(7-11)27-18(3,19)20/h4-10H,1-3H3,(H,21,22)(H,23,25). The highest BCUT2D eigenvalue weighted by Crippen LogP contribution is 2.28. The maximum Gasteiger partial charge on any atom is 0.394 e. The molecule has 2 N–H and O–H groups in total. The lowest BCUT2D eigenvalue weighted by molar-refractivity contribution is -0.159. The van der Waals surface area contributed by atoms with Crippen LogP contribution in [0.5, 0.6) is 17.4 Å². The molecular formula is C18H18F2N4O3. The number of H-pyrrole nitrogens is 1. The maximum atomic E-state index is 13.0. The number of rotatable bonds is 6. The number of carbonyl (C=O) groups excluding carboxylic acids is 1. The Morgan fingerprint density at radius 3 is 2.74 bits per heavy atom. The molecule has 0 atom stereocenters. The Hall–Kier alpha value is -3.23. The van der Waals surface area contributed by atoms with Crippen LogP contribution in [0.1, 0.15) is 31.1 Å². The Morgan fingerprint density at radius 2 is 2.04 bits per heavy atom. The summed E-state index contributed by atoms with van der Waals surface area (Å²) in [6.07, 6.45) is -0.421. The predicted octanol–water partition coefficient (Wildman–Crippen LogP) is 3.88. The molecule has 142 valence electrons. The highest BCUT2D eigenvalue weighted by atomic mass is 19.3. The smallest absolute Gasteiger partial charge is 0.394 e. The fourth-order valence-electron chi connectivity index (χ4n) is 2.37. The molecule has 3 aromatic rings. The summed E-state index contributed by atoms with van der Waals surface area (Å²) in [5.74, 6) is 0.0196.